The molecule has 0 saturated carbocycles. The van der Waals surface area contributed by atoms with Crippen molar-refractivity contribution in [2.75, 3.05) is 33.0 Å². The van der Waals surface area contributed by atoms with Gasteiger partial charge in [0.05, 0.1) is 13.2 Å². The Morgan fingerprint density at radius 1 is 0.933 bits per heavy atom. The molecular weight excluding hydrogens is 190 g/mol. The quantitative estimate of drug-likeness (QED) is 0.601. The van der Waals surface area contributed by atoms with Gasteiger partial charge >= 0.3 is 0 Å². The van der Waals surface area contributed by atoms with Crippen LogP contribution in [0.5, 0.6) is 0 Å². The van der Waals surface area contributed by atoms with Gasteiger partial charge in [-0.1, -0.05) is 6.92 Å². The summed E-state index contributed by atoms with van der Waals surface area (Å²) in [7, 11) is 0. The maximum Gasteiger partial charge on any atom is 0.0700 e. The summed E-state index contributed by atoms with van der Waals surface area (Å²) in [5, 5.41) is 3.42. The summed E-state index contributed by atoms with van der Waals surface area (Å²) in [4.78, 5) is 0. The standard InChI is InChI=1S/C12H27NO2/c1-5-8-14-10-11-15-9-6-7-13-12(2,3)4/h13H,5-11H2,1-4H3. The SMILES string of the molecule is CCCOCCOCCCNC(C)(C)C. The summed E-state index contributed by atoms with van der Waals surface area (Å²) in [6, 6.07) is 0. The number of nitrogens with one attached hydrogen (secondary N) is 1. The first-order valence-electron chi connectivity index (χ1n) is 5.97. The summed E-state index contributed by atoms with van der Waals surface area (Å²) >= 11 is 0. The molecule has 0 unspecified atom stereocenters. The van der Waals surface area contributed by atoms with Crippen LogP contribution in [0.3, 0.4) is 0 Å². The van der Waals surface area contributed by atoms with E-state index < -0.39 is 0 Å². The van der Waals surface area contributed by atoms with Crippen molar-refractivity contribution in [2.24, 2.45) is 0 Å². The fourth-order valence-electron chi connectivity index (χ4n) is 1.10. The summed E-state index contributed by atoms with van der Waals surface area (Å²) < 4.78 is 10.7. The van der Waals surface area contributed by atoms with Crippen molar-refractivity contribution in [2.45, 2.75) is 46.1 Å². The molecule has 0 aromatic heterocycles. The van der Waals surface area contributed by atoms with Crippen molar-refractivity contribution in [1.82, 2.24) is 5.32 Å². The molecule has 0 atom stereocenters. The molecule has 0 aliphatic heterocycles. The van der Waals surface area contributed by atoms with Gasteiger partial charge in [0.2, 0.25) is 0 Å². The van der Waals surface area contributed by atoms with Crippen LogP contribution in [0.4, 0.5) is 0 Å². The van der Waals surface area contributed by atoms with Gasteiger partial charge in [0.1, 0.15) is 0 Å². The third kappa shape index (κ3) is 13.9. The summed E-state index contributed by atoms with van der Waals surface area (Å²) in [6.45, 7) is 12.7. The highest BCUT2D eigenvalue weighted by Gasteiger charge is 2.06. The lowest BCUT2D eigenvalue weighted by Crippen LogP contribution is -2.36. The van der Waals surface area contributed by atoms with Crippen molar-refractivity contribution < 1.29 is 9.47 Å². The zero-order valence-corrected chi connectivity index (χ0v) is 10.8. The van der Waals surface area contributed by atoms with Gasteiger partial charge in [-0.05, 0) is 40.2 Å². The molecule has 1 N–H and O–H groups in total. The van der Waals surface area contributed by atoms with Gasteiger partial charge < -0.3 is 14.8 Å². The number of rotatable bonds is 9. The van der Waals surface area contributed by atoms with Crippen LogP contribution in [-0.2, 0) is 9.47 Å². The average molecular weight is 217 g/mol. The second kappa shape index (κ2) is 9.13. The molecule has 92 valence electrons. The van der Waals surface area contributed by atoms with Crippen LogP contribution in [0.15, 0.2) is 0 Å². The van der Waals surface area contributed by atoms with Gasteiger partial charge in [0, 0.05) is 18.8 Å². The van der Waals surface area contributed by atoms with Crippen LogP contribution in [0.25, 0.3) is 0 Å². The molecule has 0 saturated heterocycles. The molecule has 3 heteroatoms. The van der Waals surface area contributed by atoms with Crippen LogP contribution >= 0.6 is 0 Å². The van der Waals surface area contributed by atoms with E-state index in [9.17, 15) is 0 Å². The predicted octanol–water partition coefficient (Wildman–Crippen LogP) is 2.21. The van der Waals surface area contributed by atoms with E-state index in [0.717, 1.165) is 45.8 Å². The van der Waals surface area contributed by atoms with E-state index in [-0.39, 0.29) is 5.54 Å². The number of ether oxygens (including phenoxy) is 2. The van der Waals surface area contributed by atoms with Gasteiger partial charge in [-0.25, -0.2) is 0 Å². The van der Waals surface area contributed by atoms with E-state index in [2.05, 4.69) is 33.0 Å². The zero-order chi connectivity index (χ0) is 11.6. The van der Waals surface area contributed by atoms with Crippen molar-refractivity contribution in [3.63, 3.8) is 0 Å². The van der Waals surface area contributed by atoms with Gasteiger partial charge in [0.25, 0.3) is 0 Å². The fraction of sp³-hybridized carbons (Fsp3) is 1.00. The molecule has 0 radical (unpaired) electrons. The maximum absolute atomic E-state index is 5.43. The highest BCUT2D eigenvalue weighted by Crippen LogP contribution is 1.97. The maximum atomic E-state index is 5.43. The minimum Gasteiger partial charge on any atom is -0.379 e. The Kier molecular flexibility index (Phi) is 9.06. The van der Waals surface area contributed by atoms with E-state index in [1.807, 2.05) is 0 Å². The van der Waals surface area contributed by atoms with Gasteiger partial charge in [-0.2, -0.15) is 0 Å². The van der Waals surface area contributed by atoms with Crippen molar-refractivity contribution in [3.05, 3.63) is 0 Å². The van der Waals surface area contributed by atoms with Gasteiger partial charge in [-0.15, -0.1) is 0 Å². The molecule has 0 heterocycles. The Balaban J connectivity index is 2.99. The molecule has 0 aliphatic rings. The van der Waals surface area contributed by atoms with Gasteiger partial charge in [-0.3, -0.25) is 0 Å². The third-order valence-corrected chi connectivity index (χ3v) is 1.84. The number of hydrogen-bond acceptors (Lipinski definition) is 3. The average Bonchev–Trinajstić information content (AvgIpc) is 2.14. The van der Waals surface area contributed by atoms with E-state index in [1.54, 1.807) is 0 Å². The summed E-state index contributed by atoms with van der Waals surface area (Å²) in [5.41, 5.74) is 0.213. The molecule has 0 aromatic carbocycles. The molecule has 0 fully saturated rings. The minimum absolute atomic E-state index is 0.213. The van der Waals surface area contributed by atoms with Crippen LogP contribution in [0.1, 0.15) is 40.5 Å². The second-order valence-electron chi connectivity index (χ2n) is 4.76. The van der Waals surface area contributed by atoms with Gasteiger partial charge in [0.15, 0.2) is 0 Å². The molecule has 0 spiro atoms. The third-order valence-electron chi connectivity index (χ3n) is 1.84. The summed E-state index contributed by atoms with van der Waals surface area (Å²) in [5.74, 6) is 0. The van der Waals surface area contributed by atoms with E-state index in [4.69, 9.17) is 9.47 Å². The fourth-order valence-corrected chi connectivity index (χ4v) is 1.10. The van der Waals surface area contributed by atoms with Crippen LogP contribution in [0, 0.1) is 0 Å². The lowest BCUT2D eigenvalue weighted by molar-refractivity contribution is 0.0468. The summed E-state index contributed by atoms with van der Waals surface area (Å²) in [6.07, 6.45) is 2.14. The van der Waals surface area contributed by atoms with Crippen molar-refractivity contribution >= 4 is 0 Å². The van der Waals surface area contributed by atoms with Crippen molar-refractivity contribution in [3.8, 4) is 0 Å². The molecule has 3 nitrogen and oxygen atoms in total. The highest BCUT2D eigenvalue weighted by molar-refractivity contribution is 4.69. The monoisotopic (exact) mass is 217 g/mol. The first-order chi connectivity index (χ1) is 7.06. The molecule has 0 aliphatic carbocycles. The van der Waals surface area contributed by atoms with E-state index >= 15 is 0 Å². The second-order valence-corrected chi connectivity index (χ2v) is 4.76. The molecule has 0 bridgehead atoms. The highest BCUT2D eigenvalue weighted by atomic mass is 16.5. The van der Waals surface area contributed by atoms with Crippen LogP contribution in [0.2, 0.25) is 0 Å². The Morgan fingerprint density at radius 2 is 1.53 bits per heavy atom. The van der Waals surface area contributed by atoms with E-state index in [0.29, 0.717) is 0 Å². The largest absolute Gasteiger partial charge is 0.379 e. The molecule has 0 rings (SSSR count). The Morgan fingerprint density at radius 3 is 2.07 bits per heavy atom. The molecule has 15 heavy (non-hydrogen) atoms. The minimum atomic E-state index is 0.213. The molecule has 0 aromatic rings. The molecular formula is C12H27NO2. The van der Waals surface area contributed by atoms with Crippen molar-refractivity contribution in [1.29, 1.82) is 0 Å². The van der Waals surface area contributed by atoms with Crippen LogP contribution in [-0.4, -0.2) is 38.5 Å². The zero-order valence-electron chi connectivity index (χ0n) is 10.8. The van der Waals surface area contributed by atoms with E-state index in [1.165, 1.54) is 0 Å². The topological polar surface area (TPSA) is 30.5 Å². The Labute approximate surface area is 94.5 Å². The Bertz CT molecular complexity index is 132. The normalized spacial score (nSPS) is 12.0. The van der Waals surface area contributed by atoms with Crippen LogP contribution < -0.4 is 5.32 Å². The predicted molar refractivity (Wildman–Crippen MR) is 64.3 cm³/mol. The number of hydrogen-bond donors (Lipinski definition) is 1. The Hall–Kier alpha value is -0.120. The first kappa shape index (κ1) is 14.9. The smallest absolute Gasteiger partial charge is 0.0700 e. The molecule has 0 amide bonds. The lowest BCUT2D eigenvalue weighted by Gasteiger charge is -2.20. The lowest BCUT2D eigenvalue weighted by atomic mass is 10.1. The first-order valence-corrected chi connectivity index (χ1v) is 5.97.